The van der Waals surface area contributed by atoms with Crippen LogP contribution < -0.4 is 9.47 Å². The zero-order valence-electron chi connectivity index (χ0n) is 23.1. The average molecular weight is 546 g/mol. The van der Waals surface area contributed by atoms with Crippen molar-refractivity contribution >= 4 is 36.5 Å². The van der Waals surface area contributed by atoms with E-state index in [0.717, 1.165) is 39.3 Å². The van der Waals surface area contributed by atoms with Gasteiger partial charge in [0.15, 0.2) is 11.4 Å². The fraction of sp³-hybridized carbons (Fsp3) is 0.0882. The van der Waals surface area contributed by atoms with Crippen molar-refractivity contribution in [3.8, 4) is 11.5 Å². The minimum Gasteiger partial charge on any atom is -0.497 e. The SMILES string of the molecule is COc1ccc(/C=C/C2=[N+]3C(=C(c4ccc(C)cc4)c4ccc(/C=C/c5ccc(OC)cc5)n4[B-]3(F)F)C=C2)cc1. The highest BCUT2D eigenvalue weighted by atomic mass is 19.2. The van der Waals surface area contributed by atoms with Gasteiger partial charge in [0.1, 0.15) is 11.5 Å². The van der Waals surface area contributed by atoms with Crippen LogP contribution in [0.4, 0.5) is 8.63 Å². The Labute approximate surface area is 238 Å². The fourth-order valence-corrected chi connectivity index (χ4v) is 5.36. The number of fused-ring (bicyclic) bond motifs is 2. The Morgan fingerprint density at radius 3 is 1.85 bits per heavy atom. The molecule has 0 saturated heterocycles. The van der Waals surface area contributed by atoms with Gasteiger partial charge < -0.3 is 27.1 Å². The third-order valence-corrected chi connectivity index (χ3v) is 7.50. The van der Waals surface area contributed by atoms with Crippen molar-refractivity contribution < 1.29 is 22.6 Å². The first-order valence-electron chi connectivity index (χ1n) is 13.4. The molecule has 0 spiro atoms. The van der Waals surface area contributed by atoms with E-state index in [4.69, 9.17) is 9.47 Å². The van der Waals surface area contributed by atoms with Crippen LogP contribution >= 0.6 is 0 Å². The van der Waals surface area contributed by atoms with Crippen molar-refractivity contribution in [3.63, 3.8) is 0 Å². The third kappa shape index (κ3) is 4.84. The average Bonchev–Trinajstić information content (AvgIpc) is 3.62. The summed E-state index contributed by atoms with van der Waals surface area (Å²) in [5.41, 5.74) is 6.37. The van der Waals surface area contributed by atoms with E-state index < -0.39 is 6.97 Å². The van der Waals surface area contributed by atoms with Crippen LogP contribution in [0.25, 0.3) is 23.8 Å². The summed E-state index contributed by atoms with van der Waals surface area (Å²) in [6, 6.07) is 26.6. The van der Waals surface area contributed by atoms with Gasteiger partial charge in [0.2, 0.25) is 0 Å². The zero-order chi connectivity index (χ0) is 28.6. The Morgan fingerprint density at radius 1 is 0.683 bits per heavy atom. The Hall–Kier alpha value is -4.91. The molecule has 6 rings (SSSR count). The standard InChI is InChI=1S/C34H29BF2N2O2/c1-24-4-12-27(13-5-24)34-32-22-16-28(14-6-25-8-18-30(40-2)19-9-25)38(32)35(36,37)39-29(17-23-33(34)39)15-7-26-10-20-31(41-3)21-11-26/h4-23H,1-3H3/b14-6+,15-7+. The predicted molar refractivity (Wildman–Crippen MR) is 163 cm³/mol. The first-order valence-corrected chi connectivity index (χ1v) is 13.4. The second-order valence-electron chi connectivity index (χ2n) is 10.1. The number of methoxy groups -OCH3 is 2. The molecule has 0 radical (unpaired) electrons. The molecule has 0 N–H and O–H groups in total. The van der Waals surface area contributed by atoms with E-state index in [1.807, 2.05) is 91.9 Å². The summed E-state index contributed by atoms with van der Waals surface area (Å²) in [7, 11) is 3.22. The number of aromatic nitrogens is 1. The maximum atomic E-state index is 16.7. The van der Waals surface area contributed by atoms with Gasteiger partial charge in [-0.2, -0.15) is 0 Å². The Balaban J connectivity index is 1.48. The molecule has 2 aliphatic heterocycles. The first kappa shape index (κ1) is 26.3. The van der Waals surface area contributed by atoms with Gasteiger partial charge in [-0.05, 0) is 72.2 Å². The highest BCUT2D eigenvalue weighted by molar-refractivity contribution is 6.58. The molecule has 0 unspecified atom stereocenters. The lowest BCUT2D eigenvalue weighted by Gasteiger charge is -2.33. The quantitative estimate of drug-likeness (QED) is 0.222. The molecule has 0 amide bonds. The fourth-order valence-electron chi connectivity index (χ4n) is 5.36. The van der Waals surface area contributed by atoms with Crippen LogP contribution in [0.15, 0.2) is 109 Å². The molecule has 3 aromatic carbocycles. The van der Waals surface area contributed by atoms with Gasteiger partial charge in [0.05, 0.1) is 19.8 Å². The predicted octanol–water partition coefficient (Wildman–Crippen LogP) is 7.72. The van der Waals surface area contributed by atoms with E-state index in [9.17, 15) is 0 Å². The third-order valence-electron chi connectivity index (χ3n) is 7.50. The molecule has 0 saturated carbocycles. The minimum absolute atomic E-state index is 0.426. The van der Waals surface area contributed by atoms with Gasteiger partial charge >= 0.3 is 6.97 Å². The van der Waals surface area contributed by atoms with Crippen molar-refractivity contribution in [2.45, 2.75) is 6.92 Å². The van der Waals surface area contributed by atoms with Crippen molar-refractivity contribution in [2.24, 2.45) is 0 Å². The minimum atomic E-state index is -4.20. The lowest BCUT2D eigenvalue weighted by Crippen LogP contribution is -2.51. The normalized spacial score (nSPS) is 15.6. The maximum Gasteiger partial charge on any atom is 0.737 e. The smallest absolute Gasteiger partial charge is 0.497 e. The molecule has 41 heavy (non-hydrogen) atoms. The molecule has 0 bridgehead atoms. The van der Waals surface area contributed by atoms with Gasteiger partial charge in [-0.1, -0.05) is 60.2 Å². The van der Waals surface area contributed by atoms with E-state index in [1.165, 1.54) is 8.96 Å². The Bertz CT molecular complexity index is 1760. The number of aryl methyl sites for hydroxylation is 1. The molecule has 0 atom stereocenters. The first-order chi connectivity index (χ1) is 19.9. The van der Waals surface area contributed by atoms with Crippen molar-refractivity contribution in [1.82, 2.24) is 4.48 Å². The van der Waals surface area contributed by atoms with E-state index >= 15 is 8.63 Å². The molecule has 2 aliphatic rings. The number of hydrogen-bond donors (Lipinski definition) is 0. The highest BCUT2D eigenvalue weighted by Gasteiger charge is 2.54. The van der Waals surface area contributed by atoms with Crippen LogP contribution in [-0.4, -0.2) is 35.9 Å². The van der Waals surface area contributed by atoms with Crippen molar-refractivity contribution in [2.75, 3.05) is 14.2 Å². The van der Waals surface area contributed by atoms with Gasteiger partial charge in [-0.15, -0.1) is 0 Å². The number of hydrogen-bond acceptors (Lipinski definition) is 2. The molecule has 4 nitrogen and oxygen atoms in total. The van der Waals surface area contributed by atoms with Crippen LogP contribution in [0, 0.1) is 6.92 Å². The molecular weight excluding hydrogens is 517 g/mol. The number of allylic oxidation sites excluding steroid dienone is 3. The van der Waals surface area contributed by atoms with Gasteiger partial charge in [0.25, 0.3) is 0 Å². The molecule has 204 valence electrons. The summed E-state index contributed by atoms with van der Waals surface area (Å²) in [6.45, 7) is -2.19. The van der Waals surface area contributed by atoms with E-state index in [0.29, 0.717) is 22.8 Å². The van der Waals surface area contributed by atoms with E-state index in [1.54, 1.807) is 50.7 Å². The molecular formula is C34H29BF2N2O2. The van der Waals surface area contributed by atoms with E-state index in [-0.39, 0.29) is 0 Å². The summed E-state index contributed by atoms with van der Waals surface area (Å²) in [4.78, 5) is 0. The van der Waals surface area contributed by atoms with Crippen LogP contribution in [0.3, 0.4) is 0 Å². The zero-order valence-corrected chi connectivity index (χ0v) is 23.1. The van der Waals surface area contributed by atoms with Gasteiger partial charge in [-0.25, -0.2) is 0 Å². The summed E-state index contributed by atoms with van der Waals surface area (Å²) < 4.78 is 46.2. The van der Waals surface area contributed by atoms with Crippen LogP contribution in [0.5, 0.6) is 11.5 Å². The van der Waals surface area contributed by atoms with Gasteiger partial charge in [0, 0.05) is 29.6 Å². The summed E-state index contributed by atoms with van der Waals surface area (Å²) in [5, 5.41) is 0. The maximum absolute atomic E-state index is 16.7. The Morgan fingerprint density at radius 2 is 1.27 bits per heavy atom. The number of ether oxygens (including phenoxy) is 2. The highest BCUT2D eigenvalue weighted by Crippen LogP contribution is 2.41. The number of benzene rings is 3. The van der Waals surface area contributed by atoms with Crippen LogP contribution in [0.1, 0.15) is 33.6 Å². The van der Waals surface area contributed by atoms with Crippen molar-refractivity contribution in [1.29, 1.82) is 0 Å². The lowest BCUT2D eigenvalue weighted by molar-refractivity contribution is -0.360. The van der Waals surface area contributed by atoms with E-state index in [2.05, 4.69) is 0 Å². The number of rotatable bonds is 7. The second kappa shape index (κ2) is 10.6. The molecule has 7 heteroatoms. The van der Waals surface area contributed by atoms with Crippen molar-refractivity contribution in [3.05, 3.63) is 142 Å². The monoisotopic (exact) mass is 546 g/mol. The Kier molecular flexibility index (Phi) is 6.79. The van der Waals surface area contributed by atoms with Crippen LogP contribution in [0.2, 0.25) is 0 Å². The molecule has 0 aliphatic carbocycles. The molecule has 4 aromatic rings. The number of nitrogens with zero attached hydrogens (tertiary/aromatic N) is 2. The van der Waals surface area contributed by atoms with Crippen LogP contribution in [-0.2, 0) is 0 Å². The second-order valence-corrected chi connectivity index (χ2v) is 10.1. The molecule has 3 heterocycles. The number of halogens is 2. The summed E-state index contributed by atoms with van der Waals surface area (Å²) >= 11 is 0. The lowest BCUT2D eigenvalue weighted by atomic mass is 9.85. The van der Waals surface area contributed by atoms with Gasteiger partial charge in [-0.3, -0.25) is 0 Å². The molecule has 1 aromatic heterocycles. The largest absolute Gasteiger partial charge is 0.737 e. The molecule has 0 fully saturated rings. The topological polar surface area (TPSA) is 26.4 Å². The summed E-state index contributed by atoms with van der Waals surface area (Å²) in [5.74, 6) is 1.48. The summed E-state index contributed by atoms with van der Waals surface area (Å²) in [6.07, 6.45) is 10.7.